The summed E-state index contributed by atoms with van der Waals surface area (Å²) < 4.78 is 58.8. The molecular formula is C20H23F4N3O2. The standard InChI is InChI=1S/C20H23F4N3O2/c21-16-3-1-2-15(20(22,23)24)14(16)5-4-13-10-27(11-13)19(28)26-8-6-18-17(12-26)25-7-9-29-18/h1-5,13,17-18,25H,6-12H2/b5-4+/t17-,18+/m1/s1. The summed E-state index contributed by atoms with van der Waals surface area (Å²) in [6, 6.07) is 3.00. The molecule has 0 bridgehead atoms. The second-order valence-corrected chi connectivity index (χ2v) is 7.71. The highest BCUT2D eigenvalue weighted by Crippen LogP contribution is 2.34. The molecule has 1 N–H and O–H groups in total. The number of urea groups is 1. The predicted octanol–water partition coefficient (Wildman–Crippen LogP) is 2.97. The zero-order chi connectivity index (χ0) is 20.6. The van der Waals surface area contributed by atoms with E-state index < -0.39 is 23.1 Å². The van der Waals surface area contributed by atoms with Gasteiger partial charge in [0.15, 0.2) is 0 Å². The number of rotatable bonds is 2. The Hall–Kier alpha value is -2.13. The molecule has 0 aliphatic carbocycles. The fraction of sp³-hybridized carbons (Fsp3) is 0.550. The Kier molecular flexibility index (Phi) is 5.52. The summed E-state index contributed by atoms with van der Waals surface area (Å²) in [4.78, 5) is 16.1. The maximum atomic E-state index is 13.9. The zero-order valence-electron chi connectivity index (χ0n) is 15.8. The van der Waals surface area contributed by atoms with E-state index >= 15 is 0 Å². The fourth-order valence-electron chi connectivity index (χ4n) is 4.13. The SMILES string of the molecule is O=C(N1CC(/C=C/c2c(F)cccc2C(F)(F)F)C1)N1CC[C@@H]2OCCN[C@@H]2C1. The first kappa shape index (κ1) is 20.2. The number of piperidine rings is 1. The number of nitrogens with zero attached hydrogens (tertiary/aromatic N) is 2. The molecule has 5 nitrogen and oxygen atoms in total. The third-order valence-corrected chi connectivity index (χ3v) is 5.73. The minimum atomic E-state index is -4.62. The smallest absolute Gasteiger partial charge is 0.375 e. The average molecular weight is 413 g/mol. The van der Waals surface area contributed by atoms with Crippen LogP contribution in [0.15, 0.2) is 24.3 Å². The minimum absolute atomic E-state index is 0.0673. The van der Waals surface area contributed by atoms with Gasteiger partial charge in [-0.1, -0.05) is 18.2 Å². The van der Waals surface area contributed by atoms with Crippen LogP contribution in [0.3, 0.4) is 0 Å². The van der Waals surface area contributed by atoms with Gasteiger partial charge >= 0.3 is 12.2 Å². The van der Waals surface area contributed by atoms with E-state index in [1.807, 2.05) is 0 Å². The van der Waals surface area contributed by atoms with Crippen LogP contribution >= 0.6 is 0 Å². The number of carbonyl (C=O) groups is 1. The fourth-order valence-corrected chi connectivity index (χ4v) is 4.13. The van der Waals surface area contributed by atoms with Gasteiger partial charge in [-0.3, -0.25) is 0 Å². The van der Waals surface area contributed by atoms with Crippen molar-refractivity contribution in [2.75, 3.05) is 39.3 Å². The number of hydrogen-bond acceptors (Lipinski definition) is 3. The summed E-state index contributed by atoms with van der Waals surface area (Å²) in [5, 5.41) is 3.37. The Morgan fingerprint density at radius 2 is 2.00 bits per heavy atom. The Morgan fingerprint density at radius 3 is 2.76 bits per heavy atom. The van der Waals surface area contributed by atoms with Crippen molar-refractivity contribution in [3.05, 3.63) is 41.2 Å². The van der Waals surface area contributed by atoms with Crippen LogP contribution in [0.4, 0.5) is 22.4 Å². The molecule has 0 spiro atoms. The quantitative estimate of drug-likeness (QED) is 0.759. The van der Waals surface area contributed by atoms with Gasteiger partial charge in [-0.2, -0.15) is 13.2 Å². The lowest BCUT2D eigenvalue weighted by Gasteiger charge is -2.46. The molecule has 3 fully saturated rings. The lowest BCUT2D eigenvalue weighted by molar-refractivity contribution is -0.137. The van der Waals surface area contributed by atoms with E-state index in [1.54, 1.807) is 15.9 Å². The molecule has 3 saturated heterocycles. The molecule has 1 aromatic rings. The molecule has 29 heavy (non-hydrogen) atoms. The Morgan fingerprint density at radius 1 is 1.21 bits per heavy atom. The number of ether oxygens (including phenoxy) is 1. The lowest BCUT2D eigenvalue weighted by atomic mass is 9.96. The van der Waals surface area contributed by atoms with Crippen molar-refractivity contribution >= 4 is 12.1 Å². The van der Waals surface area contributed by atoms with Crippen LogP contribution in [0.2, 0.25) is 0 Å². The number of alkyl halides is 3. The predicted molar refractivity (Wildman–Crippen MR) is 98.6 cm³/mol. The molecule has 3 aliphatic heterocycles. The summed E-state index contributed by atoms with van der Waals surface area (Å²) in [6.07, 6.45) is -0.955. The van der Waals surface area contributed by atoms with E-state index in [1.165, 1.54) is 6.08 Å². The first-order valence-corrected chi connectivity index (χ1v) is 9.75. The van der Waals surface area contributed by atoms with E-state index in [0.717, 1.165) is 31.2 Å². The third-order valence-electron chi connectivity index (χ3n) is 5.73. The molecule has 0 radical (unpaired) electrons. The van der Waals surface area contributed by atoms with Gasteiger partial charge in [0.1, 0.15) is 5.82 Å². The van der Waals surface area contributed by atoms with Crippen LogP contribution in [-0.2, 0) is 10.9 Å². The summed E-state index contributed by atoms with van der Waals surface area (Å²) >= 11 is 0. The monoisotopic (exact) mass is 413 g/mol. The molecule has 9 heteroatoms. The maximum Gasteiger partial charge on any atom is 0.417 e. The van der Waals surface area contributed by atoms with Crippen molar-refractivity contribution in [1.82, 2.24) is 15.1 Å². The molecule has 0 saturated carbocycles. The number of nitrogens with one attached hydrogen (secondary N) is 1. The van der Waals surface area contributed by atoms with Crippen LogP contribution in [0.1, 0.15) is 17.5 Å². The number of hydrogen-bond donors (Lipinski definition) is 1. The second-order valence-electron chi connectivity index (χ2n) is 7.71. The van der Waals surface area contributed by atoms with E-state index in [0.29, 0.717) is 32.8 Å². The highest BCUT2D eigenvalue weighted by Gasteiger charge is 2.38. The van der Waals surface area contributed by atoms with Crippen molar-refractivity contribution in [3.63, 3.8) is 0 Å². The number of morpholine rings is 1. The van der Waals surface area contributed by atoms with Crippen LogP contribution in [0.5, 0.6) is 0 Å². The highest BCUT2D eigenvalue weighted by molar-refractivity contribution is 5.75. The number of carbonyl (C=O) groups excluding carboxylic acids is 1. The zero-order valence-corrected chi connectivity index (χ0v) is 15.8. The summed E-state index contributed by atoms with van der Waals surface area (Å²) in [7, 11) is 0. The first-order valence-electron chi connectivity index (χ1n) is 9.75. The third kappa shape index (κ3) is 4.25. The minimum Gasteiger partial charge on any atom is -0.375 e. The largest absolute Gasteiger partial charge is 0.417 e. The number of benzene rings is 1. The molecule has 0 aromatic heterocycles. The number of halogens is 4. The maximum absolute atomic E-state index is 13.9. The summed E-state index contributed by atoms with van der Waals surface area (Å²) in [6.45, 7) is 3.51. The van der Waals surface area contributed by atoms with Gasteiger partial charge in [-0.25, -0.2) is 9.18 Å². The van der Waals surface area contributed by atoms with Gasteiger partial charge in [0.2, 0.25) is 0 Å². The Balaban J connectivity index is 1.33. The van der Waals surface area contributed by atoms with Crippen molar-refractivity contribution in [3.8, 4) is 0 Å². The van der Waals surface area contributed by atoms with Gasteiger partial charge in [0.05, 0.1) is 24.3 Å². The molecule has 158 valence electrons. The van der Waals surface area contributed by atoms with Gasteiger partial charge < -0.3 is 19.9 Å². The van der Waals surface area contributed by atoms with Crippen LogP contribution in [0.25, 0.3) is 6.08 Å². The molecule has 3 heterocycles. The van der Waals surface area contributed by atoms with Crippen molar-refractivity contribution in [1.29, 1.82) is 0 Å². The van der Waals surface area contributed by atoms with E-state index in [2.05, 4.69) is 5.32 Å². The molecule has 3 aliphatic rings. The van der Waals surface area contributed by atoms with Crippen LogP contribution in [0, 0.1) is 11.7 Å². The number of likely N-dealkylation sites (tertiary alicyclic amines) is 2. The van der Waals surface area contributed by atoms with Gasteiger partial charge in [0.25, 0.3) is 0 Å². The van der Waals surface area contributed by atoms with Crippen LogP contribution < -0.4 is 5.32 Å². The summed E-state index contributed by atoms with van der Waals surface area (Å²) in [5.41, 5.74) is -1.46. The van der Waals surface area contributed by atoms with Crippen molar-refractivity contribution in [2.45, 2.75) is 24.7 Å². The first-order chi connectivity index (χ1) is 13.8. The van der Waals surface area contributed by atoms with Crippen LogP contribution in [-0.4, -0.2) is 67.3 Å². The lowest BCUT2D eigenvalue weighted by Crippen LogP contribution is -2.62. The van der Waals surface area contributed by atoms with E-state index in [4.69, 9.17) is 4.74 Å². The Labute approximate surface area is 166 Å². The van der Waals surface area contributed by atoms with E-state index in [9.17, 15) is 22.4 Å². The van der Waals surface area contributed by atoms with Crippen molar-refractivity contribution in [2.24, 2.45) is 5.92 Å². The number of amides is 2. The molecule has 2 amide bonds. The normalized spacial score (nSPS) is 25.8. The van der Waals surface area contributed by atoms with Crippen molar-refractivity contribution < 1.29 is 27.1 Å². The van der Waals surface area contributed by atoms with Gasteiger partial charge in [-0.15, -0.1) is 0 Å². The van der Waals surface area contributed by atoms with Gasteiger partial charge in [-0.05, 0) is 18.6 Å². The molecule has 1 aromatic carbocycles. The molecular weight excluding hydrogens is 390 g/mol. The summed E-state index contributed by atoms with van der Waals surface area (Å²) in [5.74, 6) is -0.998. The Bertz CT molecular complexity index is 792. The molecule has 0 unspecified atom stereocenters. The molecule has 2 atom stereocenters. The topological polar surface area (TPSA) is 44.8 Å². The van der Waals surface area contributed by atoms with Gasteiger partial charge in [0, 0.05) is 44.2 Å². The molecule has 4 rings (SSSR count). The second kappa shape index (κ2) is 7.95. The van der Waals surface area contributed by atoms with E-state index in [-0.39, 0.29) is 24.1 Å². The highest BCUT2D eigenvalue weighted by atomic mass is 19.4. The number of fused-ring (bicyclic) bond motifs is 1. The average Bonchev–Trinajstić information content (AvgIpc) is 2.66.